The second-order valence-electron chi connectivity index (χ2n) is 5.84. The molecule has 0 radical (unpaired) electrons. The summed E-state index contributed by atoms with van der Waals surface area (Å²) >= 11 is 0. The third kappa shape index (κ3) is 2.88. The molecule has 1 aromatic rings. The lowest BCUT2D eigenvalue weighted by atomic mass is 9.87. The molecule has 0 aliphatic carbocycles. The van der Waals surface area contributed by atoms with E-state index in [1.165, 1.54) is 7.11 Å². The van der Waals surface area contributed by atoms with Crippen molar-refractivity contribution in [2.24, 2.45) is 16.0 Å². The quantitative estimate of drug-likeness (QED) is 0.900. The molecule has 8 heteroatoms. The molecular formula is C16H16F3N3O2. The largest absolute Gasteiger partial charge is 0.494 e. The van der Waals surface area contributed by atoms with E-state index in [1.54, 1.807) is 12.1 Å². The van der Waals surface area contributed by atoms with Crippen LogP contribution < -0.4 is 10.2 Å². The molecule has 1 aromatic carbocycles. The molecule has 0 fully saturated rings. The number of alkyl halides is 3. The van der Waals surface area contributed by atoms with Crippen LogP contribution in [0.2, 0.25) is 0 Å². The van der Waals surface area contributed by atoms with Gasteiger partial charge in [0.2, 0.25) is 5.91 Å². The molecule has 0 saturated heterocycles. The number of halogens is 3. The van der Waals surface area contributed by atoms with Gasteiger partial charge in [-0.2, -0.15) is 18.3 Å². The molecule has 0 spiro atoms. The van der Waals surface area contributed by atoms with Crippen molar-refractivity contribution < 1.29 is 22.7 Å². The van der Waals surface area contributed by atoms with Gasteiger partial charge in [-0.15, -0.1) is 0 Å². The van der Waals surface area contributed by atoms with Gasteiger partial charge in [0.05, 0.1) is 12.8 Å². The molecular weight excluding hydrogens is 323 g/mol. The van der Waals surface area contributed by atoms with Crippen LogP contribution in [0, 0.1) is 5.92 Å². The van der Waals surface area contributed by atoms with E-state index in [-0.39, 0.29) is 36.8 Å². The van der Waals surface area contributed by atoms with E-state index in [0.717, 1.165) is 0 Å². The van der Waals surface area contributed by atoms with Crippen LogP contribution in [0.1, 0.15) is 30.9 Å². The third-order valence-electron chi connectivity index (χ3n) is 4.19. The van der Waals surface area contributed by atoms with Gasteiger partial charge in [-0.1, -0.05) is 6.92 Å². The summed E-state index contributed by atoms with van der Waals surface area (Å²) in [5.74, 6) is -0.00135. The van der Waals surface area contributed by atoms with Gasteiger partial charge in [0.15, 0.2) is 0 Å². The summed E-state index contributed by atoms with van der Waals surface area (Å²) in [6.07, 6.45) is -4.16. The smallest absolute Gasteiger partial charge is 0.429 e. The van der Waals surface area contributed by atoms with Crippen molar-refractivity contribution in [1.29, 1.82) is 0 Å². The topological polar surface area (TPSA) is 63.0 Å². The van der Waals surface area contributed by atoms with Gasteiger partial charge in [0, 0.05) is 17.9 Å². The molecule has 0 aromatic heterocycles. The van der Waals surface area contributed by atoms with Gasteiger partial charge in [0.1, 0.15) is 17.1 Å². The van der Waals surface area contributed by atoms with Gasteiger partial charge >= 0.3 is 6.18 Å². The van der Waals surface area contributed by atoms with Crippen LogP contribution in [-0.2, 0) is 11.2 Å². The number of hydrogen-bond donors (Lipinski definition) is 1. The van der Waals surface area contributed by atoms with Crippen LogP contribution in [0.4, 0.5) is 18.9 Å². The van der Waals surface area contributed by atoms with Crippen LogP contribution in [0.15, 0.2) is 22.2 Å². The summed E-state index contributed by atoms with van der Waals surface area (Å²) in [6, 6.07) is 3.35. The number of rotatable bonds is 2. The Hall–Kier alpha value is -2.38. The lowest BCUT2D eigenvalue weighted by molar-refractivity contribution is -0.121. The molecule has 2 heterocycles. The number of aliphatic imine (C=N–C) groups is 1. The first kappa shape index (κ1) is 16.5. The lowest BCUT2D eigenvalue weighted by Gasteiger charge is -2.25. The van der Waals surface area contributed by atoms with E-state index in [2.05, 4.69) is 15.5 Å². The number of ether oxygens (including phenoxy) is 1. The Morgan fingerprint density at radius 3 is 2.67 bits per heavy atom. The fourth-order valence-electron chi connectivity index (χ4n) is 3.01. The molecule has 1 unspecified atom stereocenters. The molecule has 1 amide bonds. The van der Waals surface area contributed by atoms with Gasteiger partial charge in [-0.3, -0.25) is 4.79 Å². The second-order valence-corrected chi connectivity index (χ2v) is 5.84. The van der Waals surface area contributed by atoms with Gasteiger partial charge in [-0.25, -0.2) is 10.4 Å². The fraction of sp³-hybridized carbons (Fsp3) is 0.438. The molecule has 2 aliphatic rings. The van der Waals surface area contributed by atoms with E-state index in [4.69, 9.17) is 4.74 Å². The van der Waals surface area contributed by atoms with E-state index < -0.39 is 11.9 Å². The summed E-state index contributed by atoms with van der Waals surface area (Å²) in [7, 11) is 1.40. The van der Waals surface area contributed by atoms with Crippen molar-refractivity contribution in [2.45, 2.75) is 32.4 Å². The van der Waals surface area contributed by atoms with E-state index in [9.17, 15) is 18.0 Å². The molecule has 0 saturated carbocycles. The summed E-state index contributed by atoms with van der Waals surface area (Å²) in [5, 5.41) is 4.10. The van der Waals surface area contributed by atoms with E-state index in [0.29, 0.717) is 22.6 Å². The van der Waals surface area contributed by atoms with Crippen LogP contribution >= 0.6 is 0 Å². The normalized spacial score (nSPS) is 20.7. The Morgan fingerprint density at radius 1 is 1.29 bits per heavy atom. The molecule has 128 valence electrons. The third-order valence-corrected chi connectivity index (χ3v) is 4.19. The summed E-state index contributed by atoms with van der Waals surface area (Å²) in [4.78, 5) is 15.2. The first-order valence-corrected chi connectivity index (χ1v) is 7.52. The summed E-state index contributed by atoms with van der Waals surface area (Å²) < 4.78 is 44.1. The van der Waals surface area contributed by atoms with E-state index in [1.807, 2.05) is 6.92 Å². The zero-order chi connectivity index (χ0) is 17.5. The number of hydrazone groups is 1. The molecule has 24 heavy (non-hydrogen) atoms. The Kier molecular flexibility index (Phi) is 4.06. The van der Waals surface area contributed by atoms with Crippen molar-refractivity contribution in [1.82, 2.24) is 5.43 Å². The van der Waals surface area contributed by atoms with Crippen LogP contribution in [0.3, 0.4) is 0 Å². The Bertz CT molecular complexity index is 754. The first-order valence-electron chi connectivity index (χ1n) is 7.52. The van der Waals surface area contributed by atoms with Gasteiger partial charge < -0.3 is 4.74 Å². The Balaban J connectivity index is 2.13. The Morgan fingerprint density at radius 2 is 2.04 bits per heavy atom. The Labute approximate surface area is 136 Å². The first-order chi connectivity index (χ1) is 11.3. The number of fused-ring (bicyclic) bond motifs is 1. The lowest BCUT2D eigenvalue weighted by Crippen LogP contribution is -2.33. The molecule has 5 nitrogen and oxygen atoms in total. The standard InChI is InChI=1S/C16H16F3N3O2/c1-8-7-13(23)21-22-14(8)9-3-5-11(24-2)15-10(9)4-6-12(20-15)16(17,18)19/h3,5,8H,4,6-7H2,1-2H3,(H,21,23). The average molecular weight is 339 g/mol. The number of benzene rings is 1. The highest BCUT2D eigenvalue weighted by Gasteiger charge is 2.38. The maximum atomic E-state index is 13.0. The van der Waals surface area contributed by atoms with Crippen LogP contribution in [-0.4, -0.2) is 30.6 Å². The summed E-state index contributed by atoms with van der Waals surface area (Å²) in [6.45, 7) is 1.86. The highest BCUT2D eigenvalue weighted by Crippen LogP contribution is 2.41. The number of methoxy groups -OCH3 is 1. The number of nitrogens with zero attached hydrogens (tertiary/aromatic N) is 2. The zero-order valence-corrected chi connectivity index (χ0v) is 13.2. The molecule has 1 atom stereocenters. The number of carbonyl (C=O) groups is 1. The predicted molar refractivity (Wildman–Crippen MR) is 82.9 cm³/mol. The minimum absolute atomic E-state index is 0.121. The van der Waals surface area contributed by atoms with Crippen molar-refractivity contribution >= 4 is 23.0 Å². The monoisotopic (exact) mass is 339 g/mol. The maximum absolute atomic E-state index is 13.0. The predicted octanol–water partition coefficient (Wildman–Crippen LogP) is 3.14. The molecule has 3 rings (SSSR count). The molecule has 2 aliphatic heterocycles. The summed E-state index contributed by atoms with van der Waals surface area (Å²) in [5.41, 5.74) is 3.85. The van der Waals surface area contributed by atoms with Gasteiger partial charge in [-0.05, 0) is 30.5 Å². The highest BCUT2D eigenvalue weighted by molar-refractivity contribution is 6.08. The number of carbonyl (C=O) groups excluding carboxylic acids is 1. The van der Waals surface area contributed by atoms with Crippen molar-refractivity contribution in [3.63, 3.8) is 0 Å². The number of hydrogen-bond acceptors (Lipinski definition) is 4. The highest BCUT2D eigenvalue weighted by atomic mass is 19.4. The SMILES string of the molecule is COc1ccc(C2=NNC(=O)CC2C)c2c1N=C(C(F)(F)F)CC2. The minimum Gasteiger partial charge on any atom is -0.494 e. The van der Waals surface area contributed by atoms with Crippen LogP contribution in [0.5, 0.6) is 5.75 Å². The second kappa shape index (κ2) is 5.92. The fourth-order valence-corrected chi connectivity index (χ4v) is 3.01. The van der Waals surface area contributed by atoms with Crippen molar-refractivity contribution in [3.8, 4) is 5.75 Å². The molecule has 0 bridgehead atoms. The number of nitrogens with one attached hydrogen (secondary N) is 1. The average Bonchev–Trinajstić information content (AvgIpc) is 2.53. The maximum Gasteiger partial charge on any atom is 0.429 e. The molecule has 1 N–H and O–H groups in total. The zero-order valence-electron chi connectivity index (χ0n) is 13.2. The van der Waals surface area contributed by atoms with Crippen LogP contribution in [0.25, 0.3) is 0 Å². The van der Waals surface area contributed by atoms with Gasteiger partial charge in [0.25, 0.3) is 0 Å². The number of amides is 1. The van der Waals surface area contributed by atoms with E-state index >= 15 is 0 Å². The van der Waals surface area contributed by atoms with Crippen molar-refractivity contribution in [2.75, 3.05) is 7.11 Å². The minimum atomic E-state index is -4.46. The van der Waals surface area contributed by atoms with Crippen molar-refractivity contribution in [3.05, 3.63) is 23.3 Å².